The molecule has 68 valence electrons. The first-order valence-corrected chi connectivity index (χ1v) is 4.16. The number of hydrogen-bond donors (Lipinski definition) is 2. The van der Waals surface area contributed by atoms with Gasteiger partial charge in [-0.05, 0) is 31.8 Å². The Bertz CT molecular complexity index is 220. The van der Waals surface area contributed by atoms with Crippen LogP contribution >= 0.6 is 0 Å². The van der Waals surface area contributed by atoms with Crippen LogP contribution in [-0.2, 0) is 4.79 Å². The highest BCUT2D eigenvalue weighted by Crippen LogP contribution is 2.31. The van der Waals surface area contributed by atoms with Gasteiger partial charge in [-0.2, -0.15) is 0 Å². The van der Waals surface area contributed by atoms with E-state index in [-0.39, 0.29) is 6.42 Å². The van der Waals surface area contributed by atoms with Crippen molar-refractivity contribution < 1.29 is 15.0 Å². The van der Waals surface area contributed by atoms with E-state index >= 15 is 0 Å². The fourth-order valence-electron chi connectivity index (χ4n) is 1.58. The molecule has 0 heterocycles. The summed E-state index contributed by atoms with van der Waals surface area (Å²) in [6.45, 7) is 1.79. The summed E-state index contributed by atoms with van der Waals surface area (Å²) >= 11 is 0. The quantitative estimate of drug-likeness (QED) is 0.614. The van der Waals surface area contributed by atoms with Crippen molar-refractivity contribution in [3.8, 4) is 0 Å². The summed E-state index contributed by atoms with van der Waals surface area (Å²) in [4.78, 5) is 10.4. The summed E-state index contributed by atoms with van der Waals surface area (Å²) in [6, 6.07) is 0. The lowest BCUT2D eigenvalue weighted by Gasteiger charge is -2.30. The molecule has 0 bridgehead atoms. The Morgan fingerprint density at radius 3 is 2.92 bits per heavy atom. The molecular weight excluding hydrogens is 156 g/mol. The van der Waals surface area contributed by atoms with Gasteiger partial charge in [0.1, 0.15) is 0 Å². The van der Waals surface area contributed by atoms with Crippen LogP contribution in [0, 0.1) is 0 Å². The standard InChI is InChI=1S/C9H14O3/c1-7-4-2-3-5-9(7,12)6-8(10)11/h4,12H,2-3,5-6H2,1H3,(H,10,11). The predicted octanol–water partition coefficient (Wildman–Crippen LogP) is 1.32. The zero-order valence-electron chi connectivity index (χ0n) is 7.21. The minimum atomic E-state index is -1.08. The van der Waals surface area contributed by atoms with Crippen molar-refractivity contribution in [2.24, 2.45) is 0 Å². The molecule has 0 aromatic rings. The lowest BCUT2D eigenvalue weighted by molar-refractivity contribution is -0.141. The number of allylic oxidation sites excluding steroid dienone is 1. The Kier molecular flexibility index (Phi) is 2.52. The van der Waals surface area contributed by atoms with Gasteiger partial charge < -0.3 is 10.2 Å². The van der Waals surface area contributed by atoms with Crippen LogP contribution in [0.3, 0.4) is 0 Å². The Morgan fingerprint density at radius 1 is 1.75 bits per heavy atom. The second-order valence-corrected chi connectivity index (χ2v) is 3.38. The number of aliphatic carboxylic acids is 1. The summed E-state index contributed by atoms with van der Waals surface area (Å²) in [7, 11) is 0. The van der Waals surface area contributed by atoms with Crippen LogP contribution in [0.1, 0.15) is 32.6 Å². The van der Waals surface area contributed by atoms with Crippen molar-refractivity contribution in [2.75, 3.05) is 0 Å². The number of carboxylic acids is 1. The molecule has 1 aliphatic carbocycles. The molecule has 1 unspecified atom stereocenters. The fraction of sp³-hybridized carbons (Fsp3) is 0.667. The van der Waals surface area contributed by atoms with Crippen LogP contribution < -0.4 is 0 Å². The van der Waals surface area contributed by atoms with Crippen LogP contribution in [0.25, 0.3) is 0 Å². The maximum Gasteiger partial charge on any atom is 0.306 e. The molecule has 0 aromatic carbocycles. The van der Waals surface area contributed by atoms with E-state index in [1.165, 1.54) is 0 Å². The average Bonchev–Trinajstić information content (AvgIpc) is 1.94. The maximum atomic E-state index is 10.4. The molecule has 0 aliphatic heterocycles. The minimum absolute atomic E-state index is 0.171. The monoisotopic (exact) mass is 170 g/mol. The Morgan fingerprint density at radius 2 is 2.42 bits per heavy atom. The summed E-state index contributed by atoms with van der Waals surface area (Å²) in [5.74, 6) is -0.938. The molecule has 1 rings (SSSR count). The van der Waals surface area contributed by atoms with Gasteiger partial charge in [-0.25, -0.2) is 0 Å². The summed E-state index contributed by atoms with van der Waals surface area (Å²) < 4.78 is 0. The van der Waals surface area contributed by atoms with Gasteiger partial charge in [-0.15, -0.1) is 0 Å². The van der Waals surface area contributed by atoms with E-state index in [4.69, 9.17) is 5.11 Å². The molecular formula is C9H14O3. The molecule has 3 heteroatoms. The van der Waals surface area contributed by atoms with Crippen LogP contribution in [0.2, 0.25) is 0 Å². The van der Waals surface area contributed by atoms with Crippen molar-refractivity contribution in [3.05, 3.63) is 11.6 Å². The largest absolute Gasteiger partial charge is 0.481 e. The number of carbonyl (C=O) groups is 1. The van der Waals surface area contributed by atoms with Gasteiger partial charge in [0.2, 0.25) is 0 Å². The third kappa shape index (κ3) is 1.85. The molecule has 0 amide bonds. The number of rotatable bonds is 2. The zero-order valence-corrected chi connectivity index (χ0v) is 7.21. The number of aliphatic hydroxyl groups is 1. The highest BCUT2D eigenvalue weighted by Gasteiger charge is 2.32. The molecule has 12 heavy (non-hydrogen) atoms. The second-order valence-electron chi connectivity index (χ2n) is 3.38. The summed E-state index contributed by atoms with van der Waals surface area (Å²) in [6.07, 6.45) is 4.15. The molecule has 3 nitrogen and oxygen atoms in total. The van der Waals surface area contributed by atoms with Gasteiger partial charge in [-0.3, -0.25) is 4.79 Å². The fourth-order valence-corrected chi connectivity index (χ4v) is 1.58. The first-order valence-electron chi connectivity index (χ1n) is 4.16. The molecule has 2 N–H and O–H groups in total. The van der Waals surface area contributed by atoms with Gasteiger partial charge in [0.25, 0.3) is 0 Å². The van der Waals surface area contributed by atoms with Gasteiger partial charge in [0.15, 0.2) is 0 Å². The van der Waals surface area contributed by atoms with Gasteiger partial charge >= 0.3 is 5.97 Å². The van der Waals surface area contributed by atoms with Crippen LogP contribution in [0.4, 0.5) is 0 Å². The van der Waals surface area contributed by atoms with E-state index in [9.17, 15) is 9.90 Å². The lowest BCUT2D eigenvalue weighted by atomic mass is 9.82. The van der Waals surface area contributed by atoms with Gasteiger partial charge in [0, 0.05) is 0 Å². The number of carboxylic acid groups (broad SMARTS) is 1. The third-order valence-electron chi connectivity index (χ3n) is 2.42. The van der Waals surface area contributed by atoms with Crippen LogP contribution in [0.5, 0.6) is 0 Å². The average molecular weight is 170 g/mol. The summed E-state index contributed by atoms with van der Waals surface area (Å²) in [5.41, 5.74) is -0.277. The van der Waals surface area contributed by atoms with Crippen molar-refractivity contribution in [3.63, 3.8) is 0 Å². The van der Waals surface area contributed by atoms with Crippen LogP contribution in [-0.4, -0.2) is 21.8 Å². The highest BCUT2D eigenvalue weighted by molar-refractivity contribution is 5.69. The Labute approximate surface area is 71.7 Å². The topological polar surface area (TPSA) is 57.5 Å². The van der Waals surface area contributed by atoms with E-state index in [0.717, 1.165) is 18.4 Å². The first kappa shape index (κ1) is 9.26. The Balaban J connectivity index is 2.74. The summed E-state index contributed by atoms with van der Waals surface area (Å²) in [5, 5.41) is 18.4. The molecule has 0 saturated carbocycles. The lowest BCUT2D eigenvalue weighted by Crippen LogP contribution is -2.34. The van der Waals surface area contributed by atoms with E-state index < -0.39 is 11.6 Å². The zero-order chi connectivity index (χ0) is 9.19. The molecule has 0 spiro atoms. The van der Waals surface area contributed by atoms with Gasteiger partial charge in [-0.1, -0.05) is 6.08 Å². The van der Waals surface area contributed by atoms with E-state index in [0.29, 0.717) is 6.42 Å². The maximum absolute atomic E-state index is 10.4. The minimum Gasteiger partial charge on any atom is -0.481 e. The molecule has 1 aliphatic rings. The molecule has 0 fully saturated rings. The molecule has 0 aromatic heterocycles. The smallest absolute Gasteiger partial charge is 0.306 e. The Hall–Kier alpha value is -0.830. The van der Waals surface area contributed by atoms with E-state index in [2.05, 4.69) is 0 Å². The second kappa shape index (κ2) is 3.27. The van der Waals surface area contributed by atoms with Crippen molar-refractivity contribution in [1.82, 2.24) is 0 Å². The molecule has 0 saturated heterocycles. The van der Waals surface area contributed by atoms with Crippen molar-refractivity contribution in [1.29, 1.82) is 0 Å². The van der Waals surface area contributed by atoms with Crippen molar-refractivity contribution >= 4 is 5.97 Å². The molecule has 1 atom stereocenters. The van der Waals surface area contributed by atoms with Gasteiger partial charge in [0.05, 0.1) is 12.0 Å². The SMILES string of the molecule is CC1=CCCCC1(O)CC(=O)O. The highest BCUT2D eigenvalue weighted by atomic mass is 16.4. The van der Waals surface area contributed by atoms with E-state index in [1.807, 2.05) is 6.08 Å². The van der Waals surface area contributed by atoms with Crippen LogP contribution in [0.15, 0.2) is 11.6 Å². The molecule has 0 radical (unpaired) electrons. The third-order valence-corrected chi connectivity index (χ3v) is 2.42. The van der Waals surface area contributed by atoms with E-state index in [1.54, 1.807) is 6.92 Å². The first-order chi connectivity index (χ1) is 5.54. The normalized spacial score (nSPS) is 29.7. The number of hydrogen-bond acceptors (Lipinski definition) is 2. The van der Waals surface area contributed by atoms with Crippen molar-refractivity contribution in [2.45, 2.75) is 38.2 Å². The predicted molar refractivity (Wildman–Crippen MR) is 44.8 cm³/mol.